The van der Waals surface area contributed by atoms with Gasteiger partial charge < -0.3 is 9.47 Å². The van der Waals surface area contributed by atoms with Gasteiger partial charge >= 0.3 is 0 Å². The number of nitrogens with one attached hydrogen (secondary N) is 1. The van der Waals surface area contributed by atoms with E-state index < -0.39 is 0 Å². The molecule has 0 aromatic carbocycles. The first-order valence-corrected chi connectivity index (χ1v) is 4.88. The second-order valence-electron chi connectivity index (χ2n) is 3.07. The van der Waals surface area contributed by atoms with E-state index in [2.05, 4.69) is 12.3 Å². The zero-order valence-corrected chi connectivity index (χ0v) is 8.71. The van der Waals surface area contributed by atoms with Gasteiger partial charge in [0.15, 0.2) is 0 Å². The topological polar surface area (TPSA) is 56.5 Å². The molecule has 0 rings (SSSR count). The van der Waals surface area contributed by atoms with E-state index in [0.29, 0.717) is 6.61 Å². The number of ether oxygens (including phenoxy) is 2. The monoisotopic (exact) mass is 190 g/mol. The van der Waals surface area contributed by atoms with Gasteiger partial charge in [-0.2, -0.15) is 0 Å². The van der Waals surface area contributed by atoms with Gasteiger partial charge in [0.1, 0.15) is 0 Å². The van der Waals surface area contributed by atoms with Gasteiger partial charge in [-0.1, -0.05) is 6.92 Å². The first-order chi connectivity index (χ1) is 6.35. The van der Waals surface area contributed by atoms with Crippen LogP contribution >= 0.6 is 0 Å². The molecule has 0 saturated carbocycles. The summed E-state index contributed by atoms with van der Waals surface area (Å²) in [6.45, 7) is 4.37. The fourth-order valence-electron chi connectivity index (χ4n) is 1.06. The molecule has 0 radical (unpaired) electrons. The maximum Gasteiger partial charge on any atom is 0.0633 e. The van der Waals surface area contributed by atoms with E-state index in [1.54, 1.807) is 7.11 Å². The molecular formula is C9H22N2O2. The second-order valence-corrected chi connectivity index (χ2v) is 3.07. The molecule has 0 aliphatic carbocycles. The van der Waals surface area contributed by atoms with Crippen molar-refractivity contribution >= 4 is 0 Å². The van der Waals surface area contributed by atoms with E-state index in [-0.39, 0.29) is 6.04 Å². The lowest BCUT2D eigenvalue weighted by atomic mass is 10.2. The Labute approximate surface area is 80.7 Å². The van der Waals surface area contributed by atoms with Gasteiger partial charge in [-0.15, -0.1) is 0 Å². The van der Waals surface area contributed by atoms with E-state index >= 15 is 0 Å². The lowest BCUT2D eigenvalue weighted by Gasteiger charge is -2.15. The van der Waals surface area contributed by atoms with E-state index in [1.165, 1.54) is 0 Å². The molecule has 0 aliphatic rings. The molecule has 0 bridgehead atoms. The van der Waals surface area contributed by atoms with Crippen LogP contribution in [0.25, 0.3) is 0 Å². The van der Waals surface area contributed by atoms with Crippen molar-refractivity contribution in [2.75, 3.05) is 26.9 Å². The number of methoxy groups -OCH3 is 1. The van der Waals surface area contributed by atoms with Crippen molar-refractivity contribution in [1.29, 1.82) is 0 Å². The van der Waals surface area contributed by atoms with Crippen LogP contribution in [0.15, 0.2) is 0 Å². The minimum absolute atomic E-state index is 0.252. The summed E-state index contributed by atoms with van der Waals surface area (Å²) in [6.07, 6.45) is 3.06. The summed E-state index contributed by atoms with van der Waals surface area (Å²) < 4.78 is 10.3. The third-order valence-corrected chi connectivity index (χ3v) is 1.80. The SMILES string of the molecule is CCCOCC(CCCOC)NN. The zero-order chi connectivity index (χ0) is 9.94. The van der Waals surface area contributed by atoms with E-state index in [0.717, 1.165) is 32.5 Å². The van der Waals surface area contributed by atoms with Crippen LogP contribution < -0.4 is 11.3 Å². The maximum absolute atomic E-state index is 5.38. The Balaban J connectivity index is 3.28. The minimum atomic E-state index is 0.252. The van der Waals surface area contributed by atoms with Gasteiger partial charge in [-0.05, 0) is 19.3 Å². The van der Waals surface area contributed by atoms with Gasteiger partial charge in [0.2, 0.25) is 0 Å². The molecule has 0 aromatic rings. The second kappa shape index (κ2) is 9.92. The largest absolute Gasteiger partial charge is 0.385 e. The first-order valence-electron chi connectivity index (χ1n) is 4.88. The van der Waals surface area contributed by atoms with Gasteiger partial charge in [-0.3, -0.25) is 11.3 Å². The molecule has 13 heavy (non-hydrogen) atoms. The maximum atomic E-state index is 5.38. The number of nitrogens with two attached hydrogens (primary N) is 1. The average molecular weight is 190 g/mol. The van der Waals surface area contributed by atoms with Crippen molar-refractivity contribution in [2.45, 2.75) is 32.2 Å². The molecule has 1 unspecified atom stereocenters. The normalized spacial score (nSPS) is 13.2. The highest BCUT2D eigenvalue weighted by atomic mass is 16.5. The highest BCUT2D eigenvalue weighted by Gasteiger charge is 2.05. The van der Waals surface area contributed by atoms with Gasteiger partial charge in [0, 0.05) is 26.4 Å². The molecule has 0 fully saturated rings. The van der Waals surface area contributed by atoms with Crippen molar-refractivity contribution in [3.05, 3.63) is 0 Å². The zero-order valence-electron chi connectivity index (χ0n) is 8.71. The highest BCUT2D eigenvalue weighted by Crippen LogP contribution is 1.97. The molecule has 4 heteroatoms. The van der Waals surface area contributed by atoms with Gasteiger partial charge in [0.25, 0.3) is 0 Å². The third-order valence-electron chi connectivity index (χ3n) is 1.80. The highest BCUT2D eigenvalue weighted by molar-refractivity contribution is 4.61. The van der Waals surface area contributed by atoms with Crippen LogP contribution in [0.3, 0.4) is 0 Å². The van der Waals surface area contributed by atoms with E-state index in [4.69, 9.17) is 15.3 Å². The van der Waals surface area contributed by atoms with Gasteiger partial charge in [0.05, 0.1) is 6.61 Å². The standard InChI is InChI=1S/C9H22N2O2/c1-3-6-13-8-9(11-10)5-4-7-12-2/h9,11H,3-8,10H2,1-2H3. The van der Waals surface area contributed by atoms with Crippen LogP contribution in [0.2, 0.25) is 0 Å². The first kappa shape index (κ1) is 12.8. The predicted molar refractivity (Wildman–Crippen MR) is 53.3 cm³/mol. The Morgan fingerprint density at radius 1 is 1.38 bits per heavy atom. The summed E-state index contributed by atoms with van der Waals surface area (Å²) in [5, 5.41) is 0. The fourth-order valence-corrected chi connectivity index (χ4v) is 1.06. The Kier molecular flexibility index (Phi) is 9.80. The summed E-state index contributed by atoms with van der Waals surface area (Å²) in [7, 11) is 1.71. The van der Waals surface area contributed by atoms with E-state index in [9.17, 15) is 0 Å². The molecule has 1 atom stereocenters. The molecule has 80 valence electrons. The molecule has 0 amide bonds. The summed E-state index contributed by atoms with van der Waals surface area (Å²) >= 11 is 0. The van der Waals surface area contributed by atoms with Gasteiger partial charge in [-0.25, -0.2) is 0 Å². The van der Waals surface area contributed by atoms with Crippen LogP contribution in [0.4, 0.5) is 0 Å². The minimum Gasteiger partial charge on any atom is -0.385 e. The number of hydrazine groups is 1. The Morgan fingerprint density at radius 3 is 2.69 bits per heavy atom. The molecule has 3 N–H and O–H groups in total. The molecular weight excluding hydrogens is 168 g/mol. The quantitative estimate of drug-likeness (QED) is 0.319. The smallest absolute Gasteiger partial charge is 0.0633 e. The number of hydrogen-bond acceptors (Lipinski definition) is 4. The molecule has 0 aliphatic heterocycles. The molecule has 4 nitrogen and oxygen atoms in total. The lowest BCUT2D eigenvalue weighted by molar-refractivity contribution is 0.104. The molecule has 0 aromatic heterocycles. The molecule has 0 saturated heterocycles. The molecule has 0 spiro atoms. The van der Waals surface area contributed by atoms with E-state index in [1.807, 2.05) is 0 Å². The Morgan fingerprint density at radius 2 is 2.15 bits per heavy atom. The predicted octanol–water partition coefficient (Wildman–Crippen LogP) is 0.672. The average Bonchev–Trinajstić information content (AvgIpc) is 2.16. The van der Waals surface area contributed by atoms with Crippen molar-refractivity contribution in [1.82, 2.24) is 5.43 Å². The van der Waals surface area contributed by atoms with Crippen molar-refractivity contribution in [3.8, 4) is 0 Å². The summed E-state index contributed by atoms with van der Waals surface area (Å²) in [5.74, 6) is 5.37. The Hall–Kier alpha value is -0.160. The van der Waals surface area contributed by atoms with Crippen LogP contribution in [-0.4, -0.2) is 33.0 Å². The van der Waals surface area contributed by atoms with Crippen LogP contribution in [0.5, 0.6) is 0 Å². The summed E-state index contributed by atoms with van der Waals surface area (Å²) in [5.41, 5.74) is 2.74. The van der Waals surface area contributed by atoms with Crippen LogP contribution in [0, 0.1) is 0 Å². The van der Waals surface area contributed by atoms with Crippen molar-refractivity contribution in [2.24, 2.45) is 5.84 Å². The van der Waals surface area contributed by atoms with Crippen molar-refractivity contribution in [3.63, 3.8) is 0 Å². The lowest BCUT2D eigenvalue weighted by Crippen LogP contribution is -2.38. The molecule has 0 heterocycles. The van der Waals surface area contributed by atoms with Crippen LogP contribution in [-0.2, 0) is 9.47 Å². The van der Waals surface area contributed by atoms with Crippen molar-refractivity contribution < 1.29 is 9.47 Å². The van der Waals surface area contributed by atoms with Crippen LogP contribution in [0.1, 0.15) is 26.2 Å². The third kappa shape index (κ3) is 8.18. The number of hydrogen-bond donors (Lipinski definition) is 2. The summed E-state index contributed by atoms with van der Waals surface area (Å²) in [6, 6.07) is 0.252. The fraction of sp³-hybridized carbons (Fsp3) is 1.00. The number of rotatable bonds is 9. The summed E-state index contributed by atoms with van der Waals surface area (Å²) in [4.78, 5) is 0. The Bertz CT molecular complexity index is 91.6.